The van der Waals surface area contributed by atoms with Crippen LogP contribution in [-0.2, 0) is 0 Å². The fourth-order valence-corrected chi connectivity index (χ4v) is 2.19. The quantitative estimate of drug-likeness (QED) is 0.757. The molecule has 1 nitrogen and oxygen atoms in total. The minimum absolute atomic E-state index is 0.474. The summed E-state index contributed by atoms with van der Waals surface area (Å²) in [6.45, 7) is 2.22. The Bertz CT molecular complexity index is 445. The number of ether oxygens (including phenoxy) is 1. The number of rotatable bonds is 4. The monoisotopic (exact) mass is 226 g/mol. The summed E-state index contributed by atoms with van der Waals surface area (Å²) in [6, 6.07) is 19.0. The molecule has 0 saturated heterocycles. The van der Waals surface area contributed by atoms with Crippen molar-refractivity contribution in [1.29, 1.82) is 0 Å². The first kappa shape index (κ1) is 11.7. The highest BCUT2D eigenvalue weighted by Gasteiger charge is 2.11. The van der Waals surface area contributed by atoms with Gasteiger partial charge in [0.05, 0.1) is 7.11 Å². The average Bonchev–Trinajstić information content (AvgIpc) is 2.42. The average molecular weight is 226 g/mol. The Hall–Kier alpha value is -1.76. The van der Waals surface area contributed by atoms with E-state index < -0.39 is 0 Å². The largest absolute Gasteiger partial charge is 0.497 e. The highest BCUT2D eigenvalue weighted by molar-refractivity contribution is 5.35. The van der Waals surface area contributed by atoms with Crippen LogP contribution < -0.4 is 4.74 Å². The first-order valence-corrected chi connectivity index (χ1v) is 6.04. The molecule has 0 aromatic heterocycles. The van der Waals surface area contributed by atoms with Crippen LogP contribution in [0.3, 0.4) is 0 Å². The minimum atomic E-state index is 0.474. The first-order chi connectivity index (χ1) is 8.35. The van der Waals surface area contributed by atoms with Crippen molar-refractivity contribution in [2.45, 2.75) is 19.3 Å². The fourth-order valence-electron chi connectivity index (χ4n) is 2.19. The van der Waals surface area contributed by atoms with Gasteiger partial charge >= 0.3 is 0 Å². The maximum absolute atomic E-state index is 5.19. The van der Waals surface area contributed by atoms with Gasteiger partial charge in [0.15, 0.2) is 0 Å². The summed E-state index contributed by atoms with van der Waals surface area (Å²) in [5.41, 5.74) is 2.72. The second kappa shape index (κ2) is 5.53. The van der Waals surface area contributed by atoms with Crippen molar-refractivity contribution >= 4 is 0 Å². The third kappa shape index (κ3) is 2.68. The molecule has 0 saturated carbocycles. The molecule has 0 radical (unpaired) electrons. The van der Waals surface area contributed by atoms with Gasteiger partial charge in [0.1, 0.15) is 5.75 Å². The predicted molar refractivity (Wildman–Crippen MR) is 71.6 cm³/mol. The maximum Gasteiger partial charge on any atom is 0.118 e. The smallest absolute Gasteiger partial charge is 0.118 e. The number of hydrogen-bond acceptors (Lipinski definition) is 1. The second-order valence-electron chi connectivity index (χ2n) is 4.14. The van der Waals surface area contributed by atoms with Gasteiger partial charge in [0.25, 0.3) is 0 Å². The van der Waals surface area contributed by atoms with Crippen molar-refractivity contribution in [2.75, 3.05) is 7.11 Å². The molecule has 1 unspecified atom stereocenters. The number of methoxy groups -OCH3 is 1. The summed E-state index contributed by atoms with van der Waals surface area (Å²) in [5, 5.41) is 0. The first-order valence-electron chi connectivity index (χ1n) is 6.04. The summed E-state index contributed by atoms with van der Waals surface area (Å²) in [4.78, 5) is 0. The standard InChI is InChI=1S/C16H18O/c1-3-16(13-7-5-4-6-8-13)14-9-11-15(17-2)12-10-14/h4-12,16H,3H2,1-2H3. The lowest BCUT2D eigenvalue weighted by molar-refractivity contribution is 0.414. The molecule has 0 heterocycles. The van der Waals surface area contributed by atoms with Crippen LogP contribution >= 0.6 is 0 Å². The fraction of sp³-hybridized carbons (Fsp3) is 0.250. The van der Waals surface area contributed by atoms with Crippen molar-refractivity contribution in [3.63, 3.8) is 0 Å². The highest BCUT2D eigenvalue weighted by Crippen LogP contribution is 2.28. The molecule has 17 heavy (non-hydrogen) atoms. The van der Waals surface area contributed by atoms with E-state index in [-0.39, 0.29) is 0 Å². The topological polar surface area (TPSA) is 9.23 Å². The zero-order valence-electron chi connectivity index (χ0n) is 10.4. The van der Waals surface area contributed by atoms with Crippen LogP contribution in [0, 0.1) is 0 Å². The van der Waals surface area contributed by atoms with Gasteiger partial charge in [0.2, 0.25) is 0 Å². The molecule has 0 aliphatic carbocycles. The van der Waals surface area contributed by atoms with E-state index in [1.165, 1.54) is 11.1 Å². The Kier molecular flexibility index (Phi) is 3.81. The van der Waals surface area contributed by atoms with Crippen LogP contribution in [0.1, 0.15) is 30.4 Å². The molecule has 2 aromatic rings. The molecule has 0 aliphatic rings. The number of hydrogen-bond donors (Lipinski definition) is 0. The van der Waals surface area contributed by atoms with Crippen LogP contribution in [0.25, 0.3) is 0 Å². The summed E-state index contributed by atoms with van der Waals surface area (Å²) in [7, 11) is 1.70. The van der Waals surface area contributed by atoms with E-state index in [0.717, 1.165) is 12.2 Å². The molecule has 1 heteroatoms. The lowest BCUT2D eigenvalue weighted by Crippen LogP contribution is -1.99. The molecule has 0 spiro atoms. The minimum Gasteiger partial charge on any atom is -0.497 e. The van der Waals surface area contributed by atoms with Crippen LogP contribution in [0.2, 0.25) is 0 Å². The molecule has 0 fully saturated rings. The van der Waals surface area contributed by atoms with Gasteiger partial charge in [-0.25, -0.2) is 0 Å². The molecular formula is C16H18O. The molecule has 0 aliphatic heterocycles. The number of benzene rings is 2. The molecule has 88 valence electrons. The Balaban J connectivity index is 2.29. The molecule has 1 atom stereocenters. The van der Waals surface area contributed by atoms with E-state index in [2.05, 4.69) is 49.4 Å². The van der Waals surface area contributed by atoms with Crippen molar-refractivity contribution < 1.29 is 4.74 Å². The highest BCUT2D eigenvalue weighted by atomic mass is 16.5. The SMILES string of the molecule is CCC(c1ccccc1)c1ccc(OC)cc1. The third-order valence-electron chi connectivity index (χ3n) is 3.13. The zero-order chi connectivity index (χ0) is 12.1. The Labute approximate surface area is 103 Å². The molecule has 2 aromatic carbocycles. The molecule has 0 N–H and O–H groups in total. The zero-order valence-corrected chi connectivity index (χ0v) is 10.4. The van der Waals surface area contributed by atoms with Crippen molar-refractivity contribution in [1.82, 2.24) is 0 Å². The molecule has 0 amide bonds. The van der Waals surface area contributed by atoms with Gasteiger partial charge in [-0.2, -0.15) is 0 Å². The van der Waals surface area contributed by atoms with E-state index in [1.54, 1.807) is 7.11 Å². The van der Waals surface area contributed by atoms with Gasteiger partial charge in [-0.05, 0) is 29.7 Å². The normalized spacial score (nSPS) is 12.1. The summed E-state index contributed by atoms with van der Waals surface area (Å²) < 4.78 is 5.19. The second-order valence-corrected chi connectivity index (χ2v) is 4.14. The van der Waals surface area contributed by atoms with Crippen LogP contribution in [0.5, 0.6) is 5.75 Å². The van der Waals surface area contributed by atoms with Crippen molar-refractivity contribution in [2.24, 2.45) is 0 Å². The molecular weight excluding hydrogens is 208 g/mol. The lowest BCUT2D eigenvalue weighted by atomic mass is 9.89. The maximum atomic E-state index is 5.19. The van der Waals surface area contributed by atoms with Crippen molar-refractivity contribution in [3.8, 4) is 5.75 Å². The summed E-state index contributed by atoms with van der Waals surface area (Å²) in [5.74, 6) is 1.39. The van der Waals surface area contributed by atoms with E-state index in [4.69, 9.17) is 4.74 Å². The lowest BCUT2D eigenvalue weighted by Gasteiger charge is -2.16. The molecule has 2 rings (SSSR count). The van der Waals surface area contributed by atoms with Gasteiger partial charge in [-0.15, -0.1) is 0 Å². The van der Waals surface area contributed by atoms with Gasteiger partial charge in [-0.3, -0.25) is 0 Å². The van der Waals surface area contributed by atoms with E-state index in [0.29, 0.717) is 5.92 Å². The van der Waals surface area contributed by atoms with Gasteiger partial charge in [-0.1, -0.05) is 49.4 Å². The predicted octanol–water partition coefficient (Wildman–Crippen LogP) is 4.24. The Morgan fingerprint density at radius 3 is 2.00 bits per heavy atom. The Morgan fingerprint density at radius 2 is 1.47 bits per heavy atom. The Morgan fingerprint density at radius 1 is 0.882 bits per heavy atom. The van der Waals surface area contributed by atoms with Gasteiger partial charge in [0, 0.05) is 5.92 Å². The van der Waals surface area contributed by atoms with Crippen LogP contribution in [-0.4, -0.2) is 7.11 Å². The van der Waals surface area contributed by atoms with E-state index in [9.17, 15) is 0 Å². The van der Waals surface area contributed by atoms with Crippen LogP contribution in [0.4, 0.5) is 0 Å². The third-order valence-corrected chi connectivity index (χ3v) is 3.13. The van der Waals surface area contributed by atoms with E-state index >= 15 is 0 Å². The van der Waals surface area contributed by atoms with Gasteiger partial charge < -0.3 is 4.74 Å². The molecule has 0 bridgehead atoms. The summed E-state index contributed by atoms with van der Waals surface area (Å²) >= 11 is 0. The summed E-state index contributed by atoms with van der Waals surface area (Å²) in [6.07, 6.45) is 1.11. The van der Waals surface area contributed by atoms with Crippen molar-refractivity contribution in [3.05, 3.63) is 65.7 Å². The van der Waals surface area contributed by atoms with E-state index in [1.807, 2.05) is 12.1 Å². The van der Waals surface area contributed by atoms with Crippen LogP contribution in [0.15, 0.2) is 54.6 Å².